The van der Waals surface area contributed by atoms with E-state index in [0.29, 0.717) is 5.92 Å². The first-order valence-electron chi connectivity index (χ1n) is 7.32. The maximum Gasteiger partial charge on any atom is 0.131 e. The molecule has 1 aliphatic heterocycles. The molecule has 0 fully saturated rings. The first-order chi connectivity index (χ1) is 9.65. The minimum absolute atomic E-state index is 0.361. The summed E-state index contributed by atoms with van der Waals surface area (Å²) in [6, 6.07) is 8.62. The molecule has 3 heteroatoms. The van der Waals surface area contributed by atoms with Crippen molar-refractivity contribution in [3.63, 3.8) is 0 Å². The smallest absolute Gasteiger partial charge is 0.131 e. The highest BCUT2D eigenvalue weighted by molar-refractivity contribution is 5.64. The maximum absolute atomic E-state index is 4.83. The van der Waals surface area contributed by atoms with Gasteiger partial charge in [-0.05, 0) is 6.92 Å². The van der Waals surface area contributed by atoms with E-state index in [2.05, 4.69) is 50.4 Å². The van der Waals surface area contributed by atoms with Gasteiger partial charge in [0.05, 0.1) is 11.4 Å². The Bertz CT molecular complexity index is 615. The van der Waals surface area contributed by atoms with E-state index in [1.807, 2.05) is 0 Å². The molecule has 0 radical (unpaired) electrons. The zero-order valence-corrected chi connectivity index (χ0v) is 12.4. The SMILES string of the molecule is Cc1ccc(-c2nc(C(C)C)nc3c2CNCC3)cc1. The van der Waals surface area contributed by atoms with E-state index in [0.717, 1.165) is 31.0 Å². The molecule has 0 bridgehead atoms. The number of nitrogens with zero attached hydrogens (tertiary/aromatic N) is 2. The highest BCUT2D eigenvalue weighted by Crippen LogP contribution is 2.27. The van der Waals surface area contributed by atoms with E-state index < -0.39 is 0 Å². The lowest BCUT2D eigenvalue weighted by Gasteiger charge is -2.21. The van der Waals surface area contributed by atoms with Crippen LogP contribution in [-0.4, -0.2) is 16.5 Å². The molecule has 1 aromatic carbocycles. The molecule has 0 unspecified atom stereocenters. The van der Waals surface area contributed by atoms with E-state index in [4.69, 9.17) is 9.97 Å². The summed E-state index contributed by atoms with van der Waals surface area (Å²) in [7, 11) is 0. The number of nitrogens with one attached hydrogen (secondary N) is 1. The van der Waals surface area contributed by atoms with Crippen molar-refractivity contribution in [3.8, 4) is 11.3 Å². The number of rotatable bonds is 2. The Kier molecular flexibility index (Phi) is 3.53. The van der Waals surface area contributed by atoms with Gasteiger partial charge in [0.1, 0.15) is 5.82 Å². The Morgan fingerprint density at radius 3 is 2.55 bits per heavy atom. The fourth-order valence-electron chi connectivity index (χ4n) is 2.57. The second-order valence-corrected chi connectivity index (χ2v) is 5.80. The molecule has 1 aromatic heterocycles. The van der Waals surface area contributed by atoms with Crippen LogP contribution in [0.25, 0.3) is 11.3 Å². The van der Waals surface area contributed by atoms with Gasteiger partial charge in [-0.2, -0.15) is 0 Å². The van der Waals surface area contributed by atoms with Crippen LogP contribution in [-0.2, 0) is 13.0 Å². The molecule has 0 saturated heterocycles. The van der Waals surface area contributed by atoms with Crippen LogP contribution in [0.3, 0.4) is 0 Å². The molecule has 2 heterocycles. The van der Waals surface area contributed by atoms with Crippen LogP contribution in [0.5, 0.6) is 0 Å². The average Bonchev–Trinajstić information content (AvgIpc) is 2.47. The van der Waals surface area contributed by atoms with E-state index >= 15 is 0 Å². The minimum Gasteiger partial charge on any atom is -0.312 e. The second-order valence-electron chi connectivity index (χ2n) is 5.80. The topological polar surface area (TPSA) is 37.8 Å². The number of aromatic nitrogens is 2. The van der Waals surface area contributed by atoms with Crippen LogP contribution >= 0.6 is 0 Å². The van der Waals surface area contributed by atoms with Crippen molar-refractivity contribution >= 4 is 0 Å². The summed E-state index contributed by atoms with van der Waals surface area (Å²) in [5.41, 5.74) is 6.06. The first-order valence-corrected chi connectivity index (χ1v) is 7.32. The van der Waals surface area contributed by atoms with Crippen molar-refractivity contribution in [2.24, 2.45) is 0 Å². The summed E-state index contributed by atoms with van der Waals surface area (Å²) in [6.07, 6.45) is 0.996. The highest BCUT2D eigenvalue weighted by Gasteiger charge is 2.19. The standard InChI is InChI=1S/C17H21N3/c1-11(2)17-19-15-8-9-18-10-14(15)16(20-17)13-6-4-12(3)5-7-13/h4-7,11,18H,8-10H2,1-3H3. The molecule has 0 atom stereocenters. The van der Waals surface area contributed by atoms with Gasteiger partial charge in [0.25, 0.3) is 0 Å². The molecule has 1 aliphatic rings. The van der Waals surface area contributed by atoms with Crippen LogP contribution in [0.15, 0.2) is 24.3 Å². The van der Waals surface area contributed by atoms with Crippen molar-refractivity contribution in [2.75, 3.05) is 6.54 Å². The Morgan fingerprint density at radius 2 is 1.85 bits per heavy atom. The predicted octanol–water partition coefficient (Wildman–Crippen LogP) is 3.22. The summed E-state index contributed by atoms with van der Waals surface area (Å²) in [5.74, 6) is 1.32. The van der Waals surface area contributed by atoms with Crippen LogP contribution in [0, 0.1) is 6.92 Å². The molecule has 0 amide bonds. The normalized spacial score (nSPS) is 14.4. The summed E-state index contributed by atoms with van der Waals surface area (Å²) >= 11 is 0. The quantitative estimate of drug-likeness (QED) is 0.908. The summed E-state index contributed by atoms with van der Waals surface area (Å²) in [5, 5.41) is 3.43. The Labute approximate surface area is 120 Å². The molecule has 3 rings (SSSR count). The fraction of sp³-hybridized carbons (Fsp3) is 0.412. The van der Waals surface area contributed by atoms with Gasteiger partial charge in [0.2, 0.25) is 0 Å². The lowest BCUT2D eigenvalue weighted by molar-refractivity contribution is 0.616. The third-order valence-electron chi connectivity index (χ3n) is 3.79. The average molecular weight is 267 g/mol. The minimum atomic E-state index is 0.361. The van der Waals surface area contributed by atoms with Crippen LogP contribution in [0.1, 0.15) is 42.4 Å². The molecule has 0 saturated carbocycles. The third kappa shape index (κ3) is 2.46. The fourth-order valence-corrected chi connectivity index (χ4v) is 2.57. The zero-order chi connectivity index (χ0) is 14.1. The van der Waals surface area contributed by atoms with Crippen molar-refractivity contribution in [3.05, 3.63) is 46.9 Å². The van der Waals surface area contributed by atoms with Crippen LogP contribution in [0.4, 0.5) is 0 Å². The maximum atomic E-state index is 4.83. The van der Waals surface area contributed by atoms with Gasteiger partial charge < -0.3 is 5.32 Å². The highest BCUT2D eigenvalue weighted by atomic mass is 15.0. The van der Waals surface area contributed by atoms with Gasteiger partial charge in [-0.3, -0.25) is 0 Å². The molecular weight excluding hydrogens is 246 g/mol. The van der Waals surface area contributed by atoms with Gasteiger partial charge in [-0.25, -0.2) is 9.97 Å². The number of fused-ring (bicyclic) bond motifs is 1. The van der Waals surface area contributed by atoms with E-state index in [1.54, 1.807) is 0 Å². The Balaban J connectivity index is 2.17. The van der Waals surface area contributed by atoms with E-state index in [-0.39, 0.29) is 0 Å². The van der Waals surface area contributed by atoms with Gasteiger partial charge in [-0.15, -0.1) is 0 Å². The first kappa shape index (κ1) is 13.3. The van der Waals surface area contributed by atoms with Crippen LogP contribution in [0.2, 0.25) is 0 Å². The lowest BCUT2D eigenvalue weighted by Crippen LogP contribution is -2.26. The Hall–Kier alpha value is -1.74. The molecule has 0 spiro atoms. The van der Waals surface area contributed by atoms with E-state index in [1.165, 1.54) is 22.4 Å². The van der Waals surface area contributed by atoms with Crippen molar-refractivity contribution in [1.82, 2.24) is 15.3 Å². The monoisotopic (exact) mass is 267 g/mol. The predicted molar refractivity (Wildman–Crippen MR) is 81.7 cm³/mol. The van der Waals surface area contributed by atoms with Gasteiger partial charge in [0.15, 0.2) is 0 Å². The second kappa shape index (κ2) is 5.33. The third-order valence-corrected chi connectivity index (χ3v) is 3.79. The molecule has 3 nitrogen and oxygen atoms in total. The molecular formula is C17H21N3. The lowest BCUT2D eigenvalue weighted by atomic mass is 9.99. The summed E-state index contributed by atoms with van der Waals surface area (Å²) < 4.78 is 0. The van der Waals surface area contributed by atoms with Crippen molar-refractivity contribution in [2.45, 2.75) is 39.7 Å². The zero-order valence-electron chi connectivity index (χ0n) is 12.4. The van der Waals surface area contributed by atoms with Gasteiger partial charge in [-0.1, -0.05) is 43.7 Å². The summed E-state index contributed by atoms with van der Waals surface area (Å²) in [4.78, 5) is 9.60. The van der Waals surface area contributed by atoms with Crippen molar-refractivity contribution in [1.29, 1.82) is 0 Å². The molecule has 20 heavy (non-hydrogen) atoms. The number of hydrogen-bond acceptors (Lipinski definition) is 3. The molecule has 2 aromatic rings. The van der Waals surface area contributed by atoms with E-state index in [9.17, 15) is 0 Å². The number of aryl methyl sites for hydroxylation is 1. The Morgan fingerprint density at radius 1 is 1.10 bits per heavy atom. The van der Waals surface area contributed by atoms with Gasteiger partial charge >= 0.3 is 0 Å². The molecule has 1 N–H and O–H groups in total. The molecule has 104 valence electrons. The van der Waals surface area contributed by atoms with Crippen molar-refractivity contribution < 1.29 is 0 Å². The van der Waals surface area contributed by atoms with Crippen LogP contribution < -0.4 is 5.32 Å². The number of benzene rings is 1. The number of hydrogen-bond donors (Lipinski definition) is 1. The summed E-state index contributed by atoms with van der Waals surface area (Å²) in [6.45, 7) is 8.30. The molecule has 0 aliphatic carbocycles. The van der Waals surface area contributed by atoms with Gasteiger partial charge in [0, 0.05) is 36.6 Å². The largest absolute Gasteiger partial charge is 0.312 e.